The van der Waals surface area contributed by atoms with E-state index >= 15 is 0 Å². The highest BCUT2D eigenvalue weighted by molar-refractivity contribution is 7.87. The van der Waals surface area contributed by atoms with Crippen molar-refractivity contribution in [3.63, 3.8) is 0 Å². The monoisotopic (exact) mass is 326 g/mol. The van der Waals surface area contributed by atoms with E-state index in [1.54, 1.807) is 0 Å². The number of ether oxygens (including phenoxy) is 1. The van der Waals surface area contributed by atoms with Gasteiger partial charge in [-0.25, -0.2) is 4.98 Å². The van der Waals surface area contributed by atoms with Gasteiger partial charge in [-0.1, -0.05) is 0 Å². The number of nitrogens with zero attached hydrogens (tertiary/aromatic N) is 5. The highest BCUT2D eigenvalue weighted by atomic mass is 32.2. The van der Waals surface area contributed by atoms with E-state index in [9.17, 15) is 8.42 Å². The van der Waals surface area contributed by atoms with Crippen LogP contribution in [0.2, 0.25) is 0 Å². The van der Waals surface area contributed by atoms with Gasteiger partial charge in [-0.3, -0.25) is 4.98 Å². The average molecular weight is 326 g/mol. The molecule has 0 amide bonds. The van der Waals surface area contributed by atoms with Crippen LogP contribution in [0, 0.1) is 0 Å². The Labute approximate surface area is 126 Å². The standard InChI is InChI=1S/C11H14N6O4S/c18-22(19,17-3-5-20-6-4-17)14-8-10-15-16-11(21-10)9-7-12-1-2-13-9/h1-2,7,14H,3-6,8H2. The fraction of sp³-hybridized carbons (Fsp3) is 0.455. The number of hydrogen-bond acceptors (Lipinski definition) is 8. The second-order valence-corrected chi connectivity index (χ2v) is 6.18. The van der Waals surface area contributed by atoms with Crippen LogP contribution in [0.25, 0.3) is 11.6 Å². The number of rotatable bonds is 5. The molecule has 2 aromatic heterocycles. The summed E-state index contributed by atoms with van der Waals surface area (Å²) in [6.45, 7) is 1.33. The van der Waals surface area contributed by atoms with Gasteiger partial charge in [0.15, 0.2) is 0 Å². The summed E-state index contributed by atoms with van der Waals surface area (Å²) < 4.78 is 38.4. The van der Waals surface area contributed by atoms with Crippen LogP contribution in [0.1, 0.15) is 5.89 Å². The van der Waals surface area contributed by atoms with Crippen molar-refractivity contribution in [3.05, 3.63) is 24.5 Å². The molecule has 118 valence electrons. The van der Waals surface area contributed by atoms with E-state index < -0.39 is 10.2 Å². The molecule has 10 nitrogen and oxygen atoms in total. The fourth-order valence-electron chi connectivity index (χ4n) is 1.87. The summed E-state index contributed by atoms with van der Waals surface area (Å²) in [5, 5.41) is 7.60. The third kappa shape index (κ3) is 3.44. The molecule has 2 aromatic rings. The Morgan fingerprint density at radius 1 is 1.23 bits per heavy atom. The van der Waals surface area contributed by atoms with Crippen molar-refractivity contribution in [1.82, 2.24) is 29.2 Å². The zero-order valence-corrected chi connectivity index (χ0v) is 12.4. The van der Waals surface area contributed by atoms with E-state index in [0.717, 1.165) is 0 Å². The minimum atomic E-state index is -3.59. The molecule has 0 aliphatic carbocycles. The lowest BCUT2D eigenvalue weighted by atomic mass is 10.4. The van der Waals surface area contributed by atoms with E-state index in [4.69, 9.17) is 9.15 Å². The second kappa shape index (κ2) is 6.44. The van der Waals surface area contributed by atoms with Crippen LogP contribution in [-0.4, -0.2) is 59.2 Å². The first-order valence-corrected chi connectivity index (χ1v) is 8.00. The second-order valence-electron chi connectivity index (χ2n) is 4.43. The summed E-state index contributed by atoms with van der Waals surface area (Å²) in [6, 6.07) is 0. The van der Waals surface area contributed by atoms with Crippen LogP contribution in [0.3, 0.4) is 0 Å². The Morgan fingerprint density at radius 2 is 2.05 bits per heavy atom. The summed E-state index contributed by atoms with van der Waals surface area (Å²) in [6.07, 6.45) is 4.51. The SMILES string of the molecule is O=S(=O)(NCc1nnc(-c2cnccn2)o1)N1CCOCC1. The maximum Gasteiger partial charge on any atom is 0.280 e. The van der Waals surface area contributed by atoms with Crippen molar-refractivity contribution < 1.29 is 17.6 Å². The minimum absolute atomic E-state index is 0.0903. The van der Waals surface area contributed by atoms with Crippen molar-refractivity contribution >= 4 is 10.2 Å². The summed E-state index contributed by atoms with van der Waals surface area (Å²) >= 11 is 0. The first kappa shape index (κ1) is 15.0. The van der Waals surface area contributed by atoms with Crippen LogP contribution in [0.15, 0.2) is 23.0 Å². The van der Waals surface area contributed by atoms with Gasteiger partial charge in [-0.05, 0) is 0 Å². The molecule has 1 aliphatic heterocycles. The Balaban J connectivity index is 1.63. The van der Waals surface area contributed by atoms with Gasteiger partial charge in [0.2, 0.25) is 5.89 Å². The molecule has 0 atom stereocenters. The highest BCUT2D eigenvalue weighted by Gasteiger charge is 2.24. The zero-order valence-electron chi connectivity index (χ0n) is 11.5. The molecule has 1 saturated heterocycles. The predicted molar refractivity (Wildman–Crippen MR) is 73.5 cm³/mol. The lowest BCUT2D eigenvalue weighted by Gasteiger charge is -2.25. The molecule has 22 heavy (non-hydrogen) atoms. The molecule has 11 heteroatoms. The molecular weight excluding hydrogens is 312 g/mol. The maximum atomic E-state index is 12.1. The molecule has 1 N–H and O–H groups in total. The maximum absolute atomic E-state index is 12.1. The van der Waals surface area contributed by atoms with Crippen LogP contribution in [-0.2, 0) is 21.5 Å². The average Bonchev–Trinajstić information content (AvgIpc) is 3.04. The molecule has 3 rings (SSSR count). The number of nitrogens with one attached hydrogen (secondary N) is 1. The van der Waals surface area contributed by atoms with E-state index in [1.165, 1.54) is 22.9 Å². The Morgan fingerprint density at radius 3 is 2.77 bits per heavy atom. The van der Waals surface area contributed by atoms with E-state index in [-0.39, 0.29) is 18.3 Å². The van der Waals surface area contributed by atoms with Gasteiger partial charge in [0.05, 0.1) is 26.0 Å². The fourth-order valence-corrected chi connectivity index (χ4v) is 2.99. The normalized spacial score (nSPS) is 16.7. The lowest BCUT2D eigenvalue weighted by Crippen LogP contribution is -2.46. The zero-order chi connectivity index (χ0) is 15.4. The van der Waals surface area contributed by atoms with Gasteiger partial charge in [0.1, 0.15) is 5.69 Å². The molecule has 0 unspecified atom stereocenters. The molecule has 0 radical (unpaired) electrons. The molecule has 1 aliphatic rings. The summed E-state index contributed by atoms with van der Waals surface area (Å²) in [5.41, 5.74) is 0.428. The summed E-state index contributed by atoms with van der Waals surface area (Å²) in [4.78, 5) is 7.92. The lowest BCUT2D eigenvalue weighted by molar-refractivity contribution is 0.0724. The van der Waals surface area contributed by atoms with Gasteiger partial charge in [0.25, 0.3) is 16.1 Å². The van der Waals surface area contributed by atoms with Crippen molar-refractivity contribution in [1.29, 1.82) is 0 Å². The van der Waals surface area contributed by atoms with Crippen molar-refractivity contribution in [2.24, 2.45) is 0 Å². The van der Waals surface area contributed by atoms with Gasteiger partial charge in [-0.15, -0.1) is 10.2 Å². The minimum Gasteiger partial charge on any atom is -0.418 e. The van der Waals surface area contributed by atoms with E-state index in [0.29, 0.717) is 32.0 Å². The van der Waals surface area contributed by atoms with Crippen LogP contribution < -0.4 is 4.72 Å². The third-order valence-corrected chi connectivity index (χ3v) is 4.52. The molecule has 0 spiro atoms. The molecule has 0 bridgehead atoms. The van der Waals surface area contributed by atoms with Gasteiger partial charge >= 0.3 is 0 Å². The van der Waals surface area contributed by atoms with Crippen molar-refractivity contribution in [2.45, 2.75) is 6.54 Å². The topological polar surface area (TPSA) is 123 Å². The van der Waals surface area contributed by atoms with Gasteiger partial charge < -0.3 is 9.15 Å². The van der Waals surface area contributed by atoms with Gasteiger partial charge in [-0.2, -0.15) is 17.4 Å². The quantitative estimate of drug-likeness (QED) is 0.757. The van der Waals surface area contributed by atoms with Gasteiger partial charge in [0, 0.05) is 25.5 Å². The van der Waals surface area contributed by atoms with Crippen LogP contribution >= 0.6 is 0 Å². The molecule has 1 fully saturated rings. The first-order valence-electron chi connectivity index (χ1n) is 6.56. The smallest absolute Gasteiger partial charge is 0.280 e. The summed E-state index contributed by atoms with van der Waals surface area (Å²) in [5.74, 6) is 0.339. The molecule has 0 aromatic carbocycles. The Hall–Kier alpha value is -1.95. The van der Waals surface area contributed by atoms with E-state index in [1.807, 2.05) is 0 Å². The Kier molecular flexibility index (Phi) is 4.38. The molecule has 3 heterocycles. The molecule has 0 saturated carbocycles. The molecular formula is C11H14N6O4S. The Bertz CT molecular complexity index is 713. The highest BCUT2D eigenvalue weighted by Crippen LogP contribution is 2.13. The van der Waals surface area contributed by atoms with Crippen LogP contribution in [0.5, 0.6) is 0 Å². The van der Waals surface area contributed by atoms with Crippen molar-refractivity contribution in [2.75, 3.05) is 26.3 Å². The van der Waals surface area contributed by atoms with Crippen molar-refractivity contribution in [3.8, 4) is 11.6 Å². The number of hydrogen-bond donors (Lipinski definition) is 1. The number of aromatic nitrogens is 4. The first-order chi connectivity index (χ1) is 10.6. The largest absolute Gasteiger partial charge is 0.418 e. The predicted octanol–water partition coefficient (Wildman–Crippen LogP) is -0.807. The van der Waals surface area contributed by atoms with Crippen LogP contribution in [0.4, 0.5) is 0 Å². The van der Waals surface area contributed by atoms with E-state index in [2.05, 4.69) is 24.9 Å². The third-order valence-electron chi connectivity index (χ3n) is 2.96. The number of morpholine rings is 1. The summed E-state index contributed by atoms with van der Waals surface area (Å²) in [7, 11) is -3.59.